The maximum atomic E-state index is 15.6. The minimum atomic E-state index is -2.58. The summed E-state index contributed by atoms with van der Waals surface area (Å²) in [5.74, 6) is -0.846. The molecule has 0 radical (unpaired) electrons. The van der Waals surface area contributed by atoms with Crippen LogP contribution in [0.25, 0.3) is 33.3 Å². The second kappa shape index (κ2) is 28.5. The molecule has 17 heteroatoms. The number of hydrogen-bond acceptors (Lipinski definition) is 10. The van der Waals surface area contributed by atoms with Crippen molar-refractivity contribution in [1.82, 2.24) is 44.9 Å². The lowest BCUT2D eigenvalue weighted by atomic mass is 9.76. The van der Waals surface area contributed by atoms with Gasteiger partial charge in [0, 0.05) is 87.4 Å². The summed E-state index contributed by atoms with van der Waals surface area (Å²) in [6, 6.07) is 44.7. The van der Waals surface area contributed by atoms with Gasteiger partial charge in [-0.3, -0.25) is 34.1 Å². The Morgan fingerprint density at radius 3 is 1.93 bits per heavy atom. The van der Waals surface area contributed by atoms with Crippen LogP contribution in [0, 0.1) is 11.3 Å². The Bertz CT molecular complexity index is 3820. The van der Waals surface area contributed by atoms with Gasteiger partial charge < -0.3 is 33.7 Å². The molecule has 11 rings (SSSR count). The van der Waals surface area contributed by atoms with Gasteiger partial charge in [-0.1, -0.05) is 186 Å². The van der Waals surface area contributed by atoms with Crippen molar-refractivity contribution in [1.29, 1.82) is 0 Å². The number of nitrogens with one attached hydrogen (secondary N) is 2. The molecular weight excluding hydrogens is 1220 g/mol. The van der Waals surface area contributed by atoms with Crippen molar-refractivity contribution >= 4 is 48.9 Å². The van der Waals surface area contributed by atoms with Crippen LogP contribution in [0.3, 0.4) is 0 Å². The van der Waals surface area contributed by atoms with Gasteiger partial charge in [0.1, 0.15) is 29.9 Å². The molecule has 96 heavy (non-hydrogen) atoms. The number of amides is 5. The number of urea groups is 1. The topological polar surface area (TPSA) is 162 Å². The molecule has 2 N–H and O–H groups in total. The number of cyclic esters (lactones) is 1. The number of hydrogen-bond donors (Lipinski definition) is 2. The first-order valence-corrected chi connectivity index (χ1v) is 37.3. The van der Waals surface area contributed by atoms with E-state index in [9.17, 15) is 14.4 Å². The van der Waals surface area contributed by atoms with Crippen LogP contribution in [-0.4, -0.2) is 149 Å². The highest BCUT2D eigenvalue weighted by molar-refractivity contribution is 6.78. The molecule has 5 aromatic carbocycles. The van der Waals surface area contributed by atoms with Crippen molar-refractivity contribution in [3.63, 3.8) is 0 Å². The molecule has 0 aliphatic carbocycles. The Hall–Kier alpha value is -8.12. The molecule has 5 atom stereocenters. The van der Waals surface area contributed by atoms with Gasteiger partial charge in [-0.25, -0.2) is 10.2 Å². The summed E-state index contributed by atoms with van der Waals surface area (Å²) in [6.07, 6.45) is 3.50. The number of benzene rings is 5. The van der Waals surface area contributed by atoms with E-state index in [2.05, 4.69) is 169 Å². The molecule has 4 aliphatic heterocycles. The molecule has 5 amide bonds. The Labute approximate surface area is 570 Å². The molecule has 7 aromatic rings. The highest BCUT2D eigenvalue weighted by Gasteiger charge is 2.57. The van der Waals surface area contributed by atoms with Gasteiger partial charge in [0.15, 0.2) is 0 Å². The first-order valence-electron chi connectivity index (χ1n) is 35.1. The quantitative estimate of drug-likeness (QED) is 0.0388. The van der Waals surface area contributed by atoms with Crippen molar-refractivity contribution < 1.29 is 33.1 Å². The number of aromatic nitrogens is 2. The lowest BCUT2D eigenvalue weighted by Gasteiger charge is -2.42. The average molecular weight is 1320 g/mol. The van der Waals surface area contributed by atoms with Crippen LogP contribution < -0.4 is 15.2 Å². The molecule has 4 aliphatic rings. The van der Waals surface area contributed by atoms with Crippen LogP contribution in [0.1, 0.15) is 142 Å². The summed E-state index contributed by atoms with van der Waals surface area (Å²) in [4.78, 5) is 87.5. The summed E-state index contributed by atoms with van der Waals surface area (Å²) in [7, 11) is -0.924. The Morgan fingerprint density at radius 2 is 1.35 bits per heavy atom. The van der Waals surface area contributed by atoms with Crippen LogP contribution in [0.15, 0.2) is 146 Å². The fourth-order valence-electron chi connectivity index (χ4n) is 16.3. The fourth-order valence-corrected chi connectivity index (χ4v) is 21.5. The normalized spacial score (nSPS) is 19.8. The number of likely N-dealkylation sites (N-methyl/N-ethyl adjacent to an activating group) is 1. The molecule has 508 valence electrons. The predicted octanol–water partition coefficient (Wildman–Crippen LogP) is 13.6. The molecule has 1 unspecified atom stereocenters. The number of ether oxygens (including phenoxy) is 1. The van der Waals surface area contributed by atoms with Crippen LogP contribution >= 0.6 is 0 Å². The average Bonchev–Trinajstić information content (AvgIpc) is 1.54. The van der Waals surface area contributed by atoms with Crippen LogP contribution in [0.5, 0.6) is 5.75 Å². The Kier molecular flexibility index (Phi) is 20.6. The van der Waals surface area contributed by atoms with Crippen molar-refractivity contribution in [3.05, 3.63) is 179 Å². The molecule has 0 saturated carbocycles. The molecule has 6 bridgehead atoms. The molecule has 16 nitrogen and oxygen atoms in total. The van der Waals surface area contributed by atoms with Crippen LogP contribution in [-0.2, 0) is 48.8 Å². The summed E-state index contributed by atoms with van der Waals surface area (Å²) in [6.45, 7) is 31.2. The third-order valence-corrected chi connectivity index (χ3v) is 26.9. The Balaban J connectivity index is 0.913. The van der Waals surface area contributed by atoms with Gasteiger partial charge in [-0.15, -0.1) is 0 Å². The van der Waals surface area contributed by atoms with E-state index in [1.165, 1.54) is 9.91 Å². The Morgan fingerprint density at radius 1 is 0.750 bits per heavy atom. The van der Waals surface area contributed by atoms with E-state index in [4.69, 9.17) is 14.1 Å². The first kappa shape index (κ1) is 69.2. The van der Waals surface area contributed by atoms with Crippen molar-refractivity contribution in [3.8, 4) is 28.1 Å². The lowest BCUT2D eigenvalue weighted by Crippen LogP contribution is -2.63. The molecule has 6 heterocycles. The third-order valence-electron chi connectivity index (χ3n) is 20.9. The second-order valence-corrected chi connectivity index (χ2v) is 35.0. The SMILES string of the molecule is CCn1c(-c2cccnc2C(C)C)c2c3cc(ccc31)-c1cc(cc(O[Si](C(C)C)(C(C)C)C(C)C)c1)C[C@H](NC(=O)[C@H](C(C)C)N(C)C(=O)N1CCN(C(=O)[C@H]3CN3C(c3ccccc3)(c3ccccc3)c3ccccc3)CC1)C(=O)N1CCC[C@H](N1)C(=O)OCC(C)(C)C2. The number of nitrogens with zero attached hydrogens (tertiary/aromatic N) is 7. The van der Waals surface area contributed by atoms with Gasteiger partial charge in [-0.2, -0.15) is 0 Å². The van der Waals surface area contributed by atoms with Gasteiger partial charge in [0.25, 0.3) is 14.2 Å². The number of piperazine rings is 1. The number of fused-ring (bicyclic) bond motifs is 6. The zero-order valence-electron chi connectivity index (χ0n) is 59.0. The minimum Gasteiger partial charge on any atom is -0.543 e. The van der Waals surface area contributed by atoms with Crippen molar-refractivity contribution in [2.45, 2.75) is 174 Å². The van der Waals surface area contributed by atoms with Gasteiger partial charge in [0.05, 0.1) is 23.5 Å². The maximum absolute atomic E-state index is 15.6. The molecule has 3 fully saturated rings. The largest absolute Gasteiger partial charge is 0.543 e. The number of hydrazine groups is 1. The number of carbonyl (C=O) groups excluding carboxylic acids is 5. The standard InChI is InChI=1S/C79H101N9O7Si/c1-15-86-68-36-35-57-47-64(68)65(72(86)63-33-25-37-80-70(63)51(2)3)48-78(12,13)50-94-76(92)66-34-26-38-88(82-66)74(90)67(45-56-43-58(57)46-62(44-56)95-96(53(6)7,54(8)9)55(10)11)81-73(89)71(52(4)5)83(14)77(93)85-41-39-84(40-42-85)75(91)69-49-87(69)79(59-27-19-16-20-28-59,60-29-21-17-22-30-60)61-31-23-18-24-32-61/h16-25,27-33,35-37,43-44,46-47,51-55,66-67,69,71,82H,15,26,34,38-42,45,48-50H2,1-14H3,(H,81,89)/t66-,67-,69+,71-,87?/m0/s1. The third kappa shape index (κ3) is 13.5. The second-order valence-electron chi connectivity index (χ2n) is 29.6. The number of aryl methyl sites for hydroxylation is 1. The number of pyridine rings is 1. The smallest absolute Gasteiger partial charge is 0.324 e. The summed E-state index contributed by atoms with van der Waals surface area (Å²) >= 11 is 0. The number of esters is 1. The number of carbonyl (C=O) groups is 5. The molecule has 0 spiro atoms. The van der Waals surface area contributed by atoms with Gasteiger partial charge >= 0.3 is 12.0 Å². The summed E-state index contributed by atoms with van der Waals surface area (Å²) in [5, 5.41) is 5.79. The summed E-state index contributed by atoms with van der Waals surface area (Å²) < 4.78 is 16.3. The van der Waals surface area contributed by atoms with E-state index >= 15 is 9.59 Å². The monoisotopic (exact) mass is 1320 g/mol. The fraction of sp³-hybridized carbons (Fsp3) is 0.468. The van der Waals surface area contributed by atoms with Crippen LogP contribution in [0.4, 0.5) is 4.79 Å². The molecular formula is C79H101N9O7Si. The van der Waals surface area contributed by atoms with Crippen molar-refractivity contribution in [2.24, 2.45) is 11.3 Å². The highest BCUT2D eigenvalue weighted by Crippen LogP contribution is 2.50. The van der Waals surface area contributed by atoms with E-state index in [0.717, 1.165) is 66.8 Å². The van der Waals surface area contributed by atoms with Crippen molar-refractivity contribution in [2.75, 3.05) is 52.9 Å². The van der Waals surface area contributed by atoms with E-state index < -0.39 is 55.2 Å². The van der Waals surface area contributed by atoms with E-state index in [1.54, 1.807) is 11.9 Å². The molecule has 3 saturated heterocycles. The summed E-state index contributed by atoms with van der Waals surface area (Å²) in [5.41, 5.74) is 14.1. The van der Waals surface area contributed by atoms with Gasteiger partial charge in [0.2, 0.25) is 11.8 Å². The predicted molar refractivity (Wildman–Crippen MR) is 384 cm³/mol. The lowest BCUT2D eigenvalue weighted by molar-refractivity contribution is -0.155. The maximum Gasteiger partial charge on any atom is 0.324 e. The minimum absolute atomic E-state index is 0.0186. The number of rotatable bonds is 17. The highest BCUT2D eigenvalue weighted by atomic mass is 28.4. The first-order chi connectivity index (χ1) is 45.9. The van der Waals surface area contributed by atoms with E-state index in [1.807, 2.05) is 91.7 Å². The zero-order valence-corrected chi connectivity index (χ0v) is 60.0. The van der Waals surface area contributed by atoms with E-state index in [0.29, 0.717) is 57.7 Å². The van der Waals surface area contributed by atoms with Crippen LogP contribution in [0.2, 0.25) is 16.6 Å². The zero-order chi connectivity index (χ0) is 68.5. The van der Waals surface area contributed by atoms with Gasteiger partial charge in [-0.05, 0) is 130 Å². The van der Waals surface area contributed by atoms with E-state index in [-0.39, 0.29) is 72.6 Å². The molecule has 2 aromatic heterocycles.